The first-order valence-corrected chi connectivity index (χ1v) is 9.15. The van der Waals surface area contributed by atoms with Gasteiger partial charge in [0, 0.05) is 18.2 Å². The van der Waals surface area contributed by atoms with Crippen molar-refractivity contribution in [1.82, 2.24) is 10.5 Å². The Balaban J connectivity index is 1.39. The summed E-state index contributed by atoms with van der Waals surface area (Å²) in [6, 6.07) is 19.6. The Hall–Kier alpha value is -3.08. The largest absolute Gasteiger partial charge is 0.497 e. The molecule has 138 valence electrons. The molecule has 0 unspecified atom stereocenters. The predicted molar refractivity (Wildman–Crippen MR) is 103 cm³/mol. The summed E-state index contributed by atoms with van der Waals surface area (Å²) >= 11 is 0. The van der Waals surface area contributed by atoms with Crippen molar-refractivity contribution in [2.45, 2.75) is 24.7 Å². The van der Waals surface area contributed by atoms with E-state index in [1.54, 1.807) is 7.11 Å². The highest BCUT2D eigenvalue weighted by molar-refractivity contribution is 5.91. The molecule has 1 heterocycles. The molecule has 1 aromatic heterocycles. The van der Waals surface area contributed by atoms with E-state index in [-0.39, 0.29) is 5.91 Å². The van der Waals surface area contributed by atoms with Gasteiger partial charge in [-0.25, -0.2) is 0 Å². The number of ether oxygens (including phenoxy) is 1. The number of methoxy groups -OCH3 is 1. The quantitative estimate of drug-likeness (QED) is 0.695. The Morgan fingerprint density at radius 3 is 2.70 bits per heavy atom. The third-order valence-corrected chi connectivity index (χ3v) is 5.08. The molecule has 1 aliphatic rings. The van der Waals surface area contributed by atoms with Gasteiger partial charge in [-0.2, -0.15) is 0 Å². The van der Waals surface area contributed by atoms with Crippen LogP contribution in [0.1, 0.15) is 24.1 Å². The van der Waals surface area contributed by atoms with E-state index in [1.807, 2.05) is 60.7 Å². The van der Waals surface area contributed by atoms with Gasteiger partial charge >= 0.3 is 0 Å². The second-order valence-corrected chi connectivity index (χ2v) is 6.88. The average Bonchev–Trinajstić information content (AvgIpc) is 3.38. The number of aromatic nitrogens is 1. The number of carbonyl (C=O) groups is 1. The van der Waals surface area contributed by atoms with Crippen LogP contribution in [0.4, 0.5) is 0 Å². The van der Waals surface area contributed by atoms with E-state index in [4.69, 9.17) is 9.26 Å². The molecule has 5 heteroatoms. The molecule has 1 saturated carbocycles. The molecule has 3 aromatic rings. The fraction of sp³-hybridized carbons (Fsp3) is 0.273. The van der Waals surface area contributed by atoms with E-state index in [0.717, 1.165) is 41.8 Å². The predicted octanol–water partition coefficient (Wildman–Crippen LogP) is 3.74. The summed E-state index contributed by atoms with van der Waals surface area (Å²) in [6.45, 7) is 0.581. The Morgan fingerprint density at radius 2 is 1.96 bits per heavy atom. The van der Waals surface area contributed by atoms with E-state index in [9.17, 15) is 4.79 Å². The molecule has 0 saturated heterocycles. The minimum atomic E-state index is -0.537. The Kier molecular flexibility index (Phi) is 4.67. The van der Waals surface area contributed by atoms with E-state index in [0.29, 0.717) is 12.3 Å². The Labute approximate surface area is 158 Å². The molecule has 0 bridgehead atoms. The van der Waals surface area contributed by atoms with Gasteiger partial charge in [0.1, 0.15) is 5.75 Å². The minimum Gasteiger partial charge on any atom is -0.497 e. The van der Waals surface area contributed by atoms with Crippen molar-refractivity contribution in [1.29, 1.82) is 0 Å². The van der Waals surface area contributed by atoms with Crippen LogP contribution in [0.15, 0.2) is 65.2 Å². The van der Waals surface area contributed by atoms with Crippen molar-refractivity contribution in [3.8, 4) is 17.1 Å². The number of carbonyl (C=O) groups excluding carboxylic acids is 1. The lowest BCUT2D eigenvalue weighted by atomic mass is 10.00. The monoisotopic (exact) mass is 362 g/mol. The summed E-state index contributed by atoms with van der Waals surface area (Å²) in [5, 5.41) is 7.24. The molecule has 0 atom stereocenters. The van der Waals surface area contributed by atoms with Crippen molar-refractivity contribution in [2.75, 3.05) is 13.7 Å². The van der Waals surface area contributed by atoms with E-state index >= 15 is 0 Å². The van der Waals surface area contributed by atoms with Gasteiger partial charge in [0.05, 0.1) is 18.2 Å². The molecule has 4 rings (SSSR count). The van der Waals surface area contributed by atoms with Crippen molar-refractivity contribution < 1.29 is 14.1 Å². The highest BCUT2D eigenvalue weighted by atomic mass is 16.5. The first-order chi connectivity index (χ1) is 13.2. The molecule has 5 nitrogen and oxygen atoms in total. The molecule has 27 heavy (non-hydrogen) atoms. The zero-order valence-corrected chi connectivity index (χ0v) is 15.3. The van der Waals surface area contributed by atoms with Crippen molar-refractivity contribution in [2.24, 2.45) is 0 Å². The number of hydrogen-bond donors (Lipinski definition) is 1. The van der Waals surface area contributed by atoms with Gasteiger partial charge < -0.3 is 14.6 Å². The number of nitrogens with zero attached hydrogens (tertiary/aromatic N) is 1. The molecule has 1 amide bonds. The molecule has 1 fully saturated rings. The van der Waals surface area contributed by atoms with Crippen LogP contribution in [0.25, 0.3) is 11.3 Å². The van der Waals surface area contributed by atoms with Crippen molar-refractivity contribution in [3.05, 3.63) is 71.9 Å². The van der Waals surface area contributed by atoms with Crippen molar-refractivity contribution >= 4 is 5.91 Å². The second-order valence-electron chi connectivity index (χ2n) is 6.88. The van der Waals surface area contributed by atoms with Crippen LogP contribution in [0, 0.1) is 0 Å². The lowest BCUT2D eigenvalue weighted by Gasteiger charge is -2.12. The van der Waals surface area contributed by atoms with Crippen LogP contribution in [0.5, 0.6) is 5.75 Å². The van der Waals surface area contributed by atoms with Gasteiger partial charge in [0.25, 0.3) is 0 Å². The van der Waals surface area contributed by atoms with Gasteiger partial charge in [-0.15, -0.1) is 0 Å². The second kappa shape index (κ2) is 7.27. The first kappa shape index (κ1) is 17.3. The fourth-order valence-corrected chi connectivity index (χ4v) is 3.28. The number of nitrogens with one attached hydrogen (secondary N) is 1. The van der Waals surface area contributed by atoms with Crippen molar-refractivity contribution in [3.63, 3.8) is 0 Å². The molecule has 1 aliphatic carbocycles. The van der Waals surface area contributed by atoms with E-state index in [1.165, 1.54) is 0 Å². The maximum Gasteiger partial charge on any atom is 0.232 e. The standard InChI is InChI=1S/C22H22N2O3/c1-26-18-9-5-6-16(14-18)10-13-23-21(25)22(11-12-22)20-15-19(27-24-20)17-7-3-2-4-8-17/h2-9,14-15H,10-13H2,1H3,(H,23,25). The summed E-state index contributed by atoms with van der Waals surface area (Å²) in [5.41, 5.74) is 2.28. The minimum absolute atomic E-state index is 0.0262. The van der Waals surface area contributed by atoms with Crippen LogP contribution in [0.2, 0.25) is 0 Å². The van der Waals surface area contributed by atoms with Crippen LogP contribution in [0.3, 0.4) is 0 Å². The highest BCUT2D eigenvalue weighted by Crippen LogP contribution is 2.48. The molecular weight excluding hydrogens is 340 g/mol. The SMILES string of the molecule is COc1cccc(CCNC(=O)C2(c3cc(-c4ccccc4)on3)CC2)c1. The molecule has 0 spiro atoms. The Bertz CT molecular complexity index is 929. The smallest absolute Gasteiger partial charge is 0.232 e. The number of benzene rings is 2. The highest BCUT2D eigenvalue weighted by Gasteiger charge is 2.53. The fourth-order valence-electron chi connectivity index (χ4n) is 3.28. The molecular formula is C22H22N2O3. The van der Waals surface area contributed by atoms with E-state index in [2.05, 4.69) is 10.5 Å². The average molecular weight is 362 g/mol. The van der Waals surface area contributed by atoms with Crippen LogP contribution < -0.4 is 10.1 Å². The van der Waals surface area contributed by atoms with Gasteiger partial charge in [-0.05, 0) is 37.0 Å². The lowest BCUT2D eigenvalue weighted by Crippen LogP contribution is -2.36. The van der Waals surface area contributed by atoms with Crippen LogP contribution >= 0.6 is 0 Å². The Morgan fingerprint density at radius 1 is 1.15 bits per heavy atom. The summed E-state index contributed by atoms with van der Waals surface area (Å²) in [4.78, 5) is 12.8. The summed E-state index contributed by atoms with van der Waals surface area (Å²) < 4.78 is 10.7. The van der Waals surface area contributed by atoms with E-state index < -0.39 is 5.41 Å². The molecule has 0 radical (unpaired) electrons. The number of hydrogen-bond acceptors (Lipinski definition) is 4. The maximum absolute atomic E-state index is 12.8. The lowest BCUT2D eigenvalue weighted by molar-refractivity contribution is -0.123. The van der Waals surface area contributed by atoms with Gasteiger partial charge in [-0.1, -0.05) is 47.6 Å². The number of rotatable bonds is 7. The van der Waals surface area contributed by atoms with Crippen LogP contribution in [-0.2, 0) is 16.6 Å². The summed E-state index contributed by atoms with van der Waals surface area (Å²) in [7, 11) is 1.65. The third-order valence-electron chi connectivity index (χ3n) is 5.08. The summed E-state index contributed by atoms with van der Waals surface area (Å²) in [6.07, 6.45) is 2.37. The zero-order valence-electron chi connectivity index (χ0n) is 15.3. The van der Waals surface area contributed by atoms with Gasteiger partial charge in [0.2, 0.25) is 5.91 Å². The third kappa shape index (κ3) is 3.58. The first-order valence-electron chi connectivity index (χ1n) is 9.15. The summed E-state index contributed by atoms with van der Waals surface area (Å²) in [5.74, 6) is 1.55. The normalized spacial score (nSPS) is 14.6. The molecule has 2 aromatic carbocycles. The number of amides is 1. The van der Waals surface area contributed by atoms with Gasteiger partial charge in [0.15, 0.2) is 5.76 Å². The zero-order chi connectivity index (χ0) is 18.7. The van der Waals surface area contributed by atoms with Gasteiger partial charge in [-0.3, -0.25) is 4.79 Å². The molecule has 0 aliphatic heterocycles. The topological polar surface area (TPSA) is 64.4 Å². The molecule has 1 N–H and O–H groups in total. The van der Waals surface area contributed by atoms with Crippen LogP contribution in [-0.4, -0.2) is 24.7 Å². The maximum atomic E-state index is 12.8.